The Morgan fingerprint density at radius 1 is 1.16 bits per heavy atom. The van der Waals surface area contributed by atoms with Crippen LogP contribution in [0.4, 0.5) is 0 Å². The van der Waals surface area contributed by atoms with Crippen LogP contribution in [0.1, 0.15) is 39.1 Å². The highest BCUT2D eigenvalue weighted by atomic mass is 127. The first-order valence-corrected chi connectivity index (χ1v) is 9.58. The number of fused-ring (bicyclic) bond motifs is 1. The topological polar surface area (TPSA) is 42.5 Å². The van der Waals surface area contributed by atoms with Crippen molar-refractivity contribution >= 4 is 28.1 Å². The highest BCUT2D eigenvalue weighted by molar-refractivity contribution is 14.1. The smallest absolute Gasteiger partial charge is 0.283 e. The fourth-order valence-electron chi connectivity index (χ4n) is 3.55. The molecule has 1 saturated heterocycles. The highest BCUT2D eigenvalue weighted by Crippen LogP contribution is 2.38. The lowest BCUT2D eigenvalue weighted by Gasteiger charge is -2.49. The molecule has 0 spiro atoms. The number of aromatic nitrogens is 3. The lowest BCUT2D eigenvalue weighted by Crippen LogP contribution is -2.53. The van der Waals surface area contributed by atoms with Gasteiger partial charge in [0.05, 0.1) is 11.7 Å². The minimum absolute atomic E-state index is 0.00800. The van der Waals surface area contributed by atoms with Crippen LogP contribution in [-0.2, 0) is 0 Å². The van der Waals surface area contributed by atoms with E-state index in [9.17, 15) is 4.79 Å². The standard InChI is InChI=1S/C19H21IN4O/c1-19(2,3)22-11-10-15(22)17-21-23-12-9-14(20)16(23)18(25)24(17)13-7-5-4-6-8-13/h4-9,12,15H,10-11H2,1-3H3/t15-/m0/s1. The Bertz CT molecular complexity index is 984. The number of hydrogen-bond donors (Lipinski definition) is 0. The molecule has 1 aliphatic heterocycles. The van der Waals surface area contributed by atoms with Crippen LogP contribution in [0.15, 0.2) is 47.4 Å². The van der Waals surface area contributed by atoms with Crippen LogP contribution in [0.3, 0.4) is 0 Å². The fraction of sp³-hybridized carbons (Fsp3) is 0.368. The van der Waals surface area contributed by atoms with Crippen molar-refractivity contribution < 1.29 is 0 Å². The number of likely N-dealkylation sites (tertiary alicyclic amines) is 1. The zero-order valence-electron chi connectivity index (χ0n) is 14.6. The molecular formula is C19H21IN4O. The SMILES string of the molecule is CC(C)(C)N1CC[C@H]1c1nn2ccc(I)c2c(=O)n1-c1ccccc1. The molecule has 3 aromatic rings. The van der Waals surface area contributed by atoms with Crippen molar-refractivity contribution in [3.05, 3.63) is 62.3 Å². The van der Waals surface area contributed by atoms with Crippen LogP contribution in [0.2, 0.25) is 0 Å². The summed E-state index contributed by atoms with van der Waals surface area (Å²) in [6, 6.07) is 11.9. The molecule has 1 atom stereocenters. The van der Waals surface area contributed by atoms with E-state index in [0.29, 0.717) is 5.52 Å². The summed E-state index contributed by atoms with van der Waals surface area (Å²) in [6.45, 7) is 7.66. The molecule has 1 fully saturated rings. The summed E-state index contributed by atoms with van der Waals surface area (Å²) in [6.07, 6.45) is 2.89. The van der Waals surface area contributed by atoms with Gasteiger partial charge in [0.1, 0.15) is 5.52 Å². The summed E-state index contributed by atoms with van der Waals surface area (Å²) >= 11 is 2.20. The lowest BCUT2D eigenvalue weighted by molar-refractivity contribution is -0.00621. The zero-order valence-corrected chi connectivity index (χ0v) is 16.8. The van der Waals surface area contributed by atoms with Crippen LogP contribution < -0.4 is 5.56 Å². The Morgan fingerprint density at radius 2 is 1.88 bits per heavy atom. The average molecular weight is 448 g/mol. The zero-order chi connectivity index (χ0) is 17.8. The van der Waals surface area contributed by atoms with Crippen molar-refractivity contribution in [2.24, 2.45) is 0 Å². The summed E-state index contributed by atoms with van der Waals surface area (Å²) in [4.78, 5) is 15.7. The van der Waals surface area contributed by atoms with Gasteiger partial charge in [-0.15, -0.1) is 0 Å². The van der Waals surface area contributed by atoms with Crippen molar-refractivity contribution in [1.29, 1.82) is 0 Å². The van der Waals surface area contributed by atoms with Crippen LogP contribution >= 0.6 is 22.6 Å². The molecule has 1 aromatic carbocycles. The number of benzene rings is 1. The maximum absolute atomic E-state index is 13.3. The Morgan fingerprint density at radius 3 is 2.48 bits per heavy atom. The molecule has 5 nitrogen and oxygen atoms in total. The normalized spacial score (nSPS) is 18.5. The molecule has 130 valence electrons. The van der Waals surface area contributed by atoms with Gasteiger partial charge in [0, 0.05) is 21.9 Å². The molecule has 0 aliphatic carbocycles. The maximum Gasteiger partial charge on any atom is 0.283 e. The minimum Gasteiger partial charge on any atom is -0.288 e. The maximum atomic E-state index is 13.3. The van der Waals surface area contributed by atoms with Gasteiger partial charge in [0.15, 0.2) is 5.82 Å². The minimum atomic E-state index is -0.00800. The van der Waals surface area contributed by atoms with Crippen molar-refractivity contribution in [3.8, 4) is 5.69 Å². The summed E-state index contributed by atoms with van der Waals surface area (Å²) in [5, 5.41) is 4.85. The third kappa shape index (κ3) is 2.71. The van der Waals surface area contributed by atoms with Gasteiger partial charge in [-0.2, -0.15) is 5.10 Å². The van der Waals surface area contributed by atoms with E-state index in [2.05, 4.69) is 48.3 Å². The highest BCUT2D eigenvalue weighted by Gasteiger charge is 2.40. The first-order valence-electron chi connectivity index (χ1n) is 8.50. The van der Waals surface area contributed by atoms with Crippen molar-refractivity contribution in [2.75, 3.05) is 6.54 Å². The summed E-state index contributed by atoms with van der Waals surface area (Å²) in [5.74, 6) is 0.817. The van der Waals surface area contributed by atoms with Gasteiger partial charge in [0.25, 0.3) is 5.56 Å². The third-order valence-corrected chi connectivity index (χ3v) is 5.73. The molecule has 0 unspecified atom stereocenters. The van der Waals surface area contributed by atoms with E-state index in [1.807, 2.05) is 42.6 Å². The Balaban J connectivity index is 1.99. The lowest BCUT2D eigenvalue weighted by atomic mass is 9.92. The quantitative estimate of drug-likeness (QED) is 0.563. The summed E-state index contributed by atoms with van der Waals surface area (Å²) in [5.41, 5.74) is 1.54. The molecule has 2 aromatic heterocycles. The van der Waals surface area contributed by atoms with Crippen molar-refractivity contribution in [3.63, 3.8) is 0 Å². The molecule has 0 bridgehead atoms. The number of nitrogens with zero attached hydrogens (tertiary/aromatic N) is 4. The molecule has 1 aliphatic rings. The van der Waals surface area contributed by atoms with Gasteiger partial charge >= 0.3 is 0 Å². The number of para-hydroxylation sites is 1. The van der Waals surface area contributed by atoms with Crippen LogP contribution in [0.5, 0.6) is 0 Å². The van der Waals surface area contributed by atoms with E-state index in [1.165, 1.54) is 0 Å². The first-order chi connectivity index (χ1) is 11.9. The third-order valence-electron chi connectivity index (χ3n) is 4.86. The predicted molar refractivity (Wildman–Crippen MR) is 107 cm³/mol. The average Bonchev–Trinajstić information content (AvgIpc) is 2.87. The van der Waals surface area contributed by atoms with E-state index in [-0.39, 0.29) is 17.1 Å². The van der Waals surface area contributed by atoms with Gasteiger partial charge in [-0.05, 0) is 68.0 Å². The number of halogens is 1. The molecule has 3 heterocycles. The Labute approximate surface area is 160 Å². The van der Waals surface area contributed by atoms with Crippen LogP contribution in [0.25, 0.3) is 11.2 Å². The molecule has 0 N–H and O–H groups in total. The van der Waals surface area contributed by atoms with Gasteiger partial charge < -0.3 is 0 Å². The second-order valence-corrected chi connectivity index (χ2v) is 8.62. The second kappa shape index (κ2) is 5.95. The molecule has 0 radical (unpaired) electrons. The molecular weight excluding hydrogens is 427 g/mol. The monoisotopic (exact) mass is 448 g/mol. The van der Waals surface area contributed by atoms with E-state index in [1.54, 1.807) is 9.08 Å². The van der Waals surface area contributed by atoms with Gasteiger partial charge in [-0.3, -0.25) is 14.3 Å². The van der Waals surface area contributed by atoms with Gasteiger partial charge in [0.2, 0.25) is 0 Å². The summed E-state index contributed by atoms with van der Waals surface area (Å²) in [7, 11) is 0. The Kier molecular flexibility index (Phi) is 3.99. The molecule has 25 heavy (non-hydrogen) atoms. The number of rotatable bonds is 2. The van der Waals surface area contributed by atoms with E-state index in [4.69, 9.17) is 5.10 Å². The molecule has 0 saturated carbocycles. The van der Waals surface area contributed by atoms with Crippen LogP contribution in [-0.4, -0.2) is 31.2 Å². The van der Waals surface area contributed by atoms with Gasteiger partial charge in [-0.1, -0.05) is 18.2 Å². The van der Waals surface area contributed by atoms with E-state index < -0.39 is 0 Å². The van der Waals surface area contributed by atoms with Crippen molar-refractivity contribution in [1.82, 2.24) is 19.1 Å². The van der Waals surface area contributed by atoms with E-state index in [0.717, 1.165) is 28.0 Å². The molecule has 4 rings (SSSR count). The predicted octanol–water partition coefficient (Wildman–Crippen LogP) is 3.64. The summed E-state index contributed by atoms with van der Waals surface area (Å²) < 4.78 is 4.45. The molecule has 6 heteroatoms. The van der Waals surface area contributed by atoms with E-state index >= 15 is 0 Å². The first kappa shape index (κ1) is 16.8. The Hall–Kier alpha value is -1.67. The molecule has 0 amide bonds. The van der Waals surface area contributed by atoms with Gasteiger partial charge in [-0.25, -0.2) is 4.52 Å². The van der Waals surface area contributed by atoms with Crippen LogP contribution in [0, 0.1) is 3.57 Å². The largest absolute Gasteiger partial charge is 0.288 e. The fourth-order valence-corrected chi connectivity index (χ4v) is 4.19. The van der Waals surface area contributed by atoms with Crippen molar-refractivity contribution in [2.45, 2.75) is 38.8 Å². The number of hydrogen-bond acceptors (Lipinski definition) is 3. The second-order valence-electron chi connectivity index (χ2n) is 7.46.